The zero-order chi connectivity index (χ0) is 12.1. The molecule has 0 unspecified atom stereocenters. The Morgan fingerprint density at radius 2 is 1.94 bits per heavy atom. The number of aliphatic imine (C=N–C) groups is 1. The molecule has 0 saturated carbocycles. The Morgan fingerprint density at radius 3 is 2.72 bits per heavy atom. The van der Waals surface area contributed by atoms with Crippen LogP contribution in [0.25, 0.3) is 0 Å². The zero-order valence-electron chi connectivity index (χ0n) is 9.60. The van der Waals surface area contributed by atoms with Gasteiger partial charge in [-0.05, 0) is 12.1 Å². The van der Waals surface area contributed by atoms with Crippen LogP contribution < -0.4 is 0 Å². The quantitative estimate of drug-likeness (QED) is 0.817. The number of ether oxygens (including phenoxy) is 3. The van der Waals surface area contributed by atoms with E-state index in [0.717, 1.165) is 5.56 Å². The molecule has 2 fully saturated rings. The molecule has 1 N–H and O–H groups in total. The monoisotopic (exact) mass is 247 g/mol. The Bertz CT molecular complexity index is 489. The highest BCUT2D eigenvalue weighted by atomic mass is 16.8. The van der Waals surface area contributed by atoms with E-state index >= 15 is 0 Å². The fraction of sp³-hybridized carbons (Fsp3) is 0.462. The summed E-state index contributed by atoms with van der Waals surface area (Å²) in [6, 6.07) is 9.73. The number of nitrogens with zero attached hydrogens (tertiary/aromatic N) is 1. The number of benzene rings is 1. The molecule has 5 nitrogen and oxygen atoms in total. The first kappa shape index (κ1) is 10.5. The number of fused-ring (bicyclic) bond motifs is 5. The van der Waals surface area contributed by atoms with Crippen LogP contribution in [0.3, 0.4) is 0 Å². The van der Waals surface area contributed by atoms with Crippen molar-refractivity contribution in [2.75, 3.05) is 6.61 Å². The van der Waals surface area contributed by atoms with Crippen molar-refractivity contribution in [1.82, 2.24) is 0 Å². The highest BCUT2D eigenvalue weighted by Crippen LogP contribution is 2.40. The molecule has 0 amide bonds. The van der Waals surface area contributed by atoms with Gasteiger partial charge in [-0.25, -0.2) is 4.99 Å². The molecule has 5 atom stereocenters. The molecule has 0 spiro atoms. The van der Waals surface area contributed by atoms with Crippen molar-refractivity contribution in [2.45, 2.75) is 30.6 Å². The molecule has 2 saturated heterocycles. The minimum Gasteiger partial charge on any atom is -0.466 e. The molecule has 2 bridgehead atoms. The van der Waals surface area contributed by atoms with E-state index in [2.05, 4.69) is 4.99 Å². The molecular weight excluding hydrogens is 234 g/mol. The highest BCUT2D eigenvalue weighted by Gasteiger charge is 2.59. The average Bonchev–Trinajstić information content (AvgIpc) is 3.10. The van der Waals surface area contributed by atoms with E-state index in [4.69, 9.17) is 14.2 Å². The molecule has 3 heterocycles. The summed E-state index contributed by atoms with van der Waals surface area (Å²) in [5.41, 5.74) is 0.965. The number of hydrogen-bond acceptors (Lipinski definition) is 5. The summed E-state index contributed by atoms with van der Waals surface area (Å²) >= 11 is 0. The molecule has 5 heteroatoms. The van der Waals surface area contributed by atoms with E-state index in [9.17, 15) is 5.11 Å². The standard InChI is InChI=1S/C13H13NO4/c15-6-8-10-9-11(13(16-8)18-10)17-12(14-9)7-4-2-1-3-5-7/h1-5,8-11,13,15H,6H2/t8-,9+,10+,11+,13+/m0/s1. The SMILES string of the molecule is OC[C@@H]1O[C@@H]2O[C@H]1[C@H]1N=C(c3ccccc3)O[C@@H]21. The summed E-state index contributed by atoms with van der Waals surface area (Å²) in [5.74, 6) is 0.645. The molecule has 1 aromatic rings. The molecule has 94 valence electrons. The molecule has 4 rings (SSSR count). The lowest BCUT2D eigenvalue weighted by atomic mass is 10.0. The molecule has 0 aliphatic carbocycles. The van der Waals surface area contributed by atoms with Gasteiger partial charge in [0.15, 0.2) is 12.4 Å². The zero-order valence-corrected chi connectivity index (χ0v) is 9.60. The molecular formula is C13H13NO4. The smallest absolute Gasteiger partial charge is 0.217 e. The van der Waals surface area contributed by atoms with Gasteiger partial charge in [-0.15, -0.1) is 0 Å². The first-order valence-electron chi connectivity index (χ1n) is 6.08. The molecule has 0 radical (unpaired) electrons. The predicted octanol–water partition coefficient (Wildman–Crippen LogP) is 0.317. The van der Waals surface area contributed by atoms with Gasteiger partial charge in [0.1, 0.15) is 18.2 Å². The van der Waals surface area contributed by atoms with Gasteiger partial charge in [0.25, 0.3) is 0 Å². The Kier molecular flexibility index (Phi) is 2.20. The first-order valence-corrected chi connectivity index (χ1v) is 6.08. The lowest BCUT2D eigenvalue weighted by Crippen LogP contribution is -2.44. The largest absolute Gasteiger partial charge is 0.466 e. The topological polar surface area (TPSA) is 60.3 Å². The second-order valence-electron chi connectivity index (χ2n) is 4.70. The molecule has 18 heavy (non-hydrogen) atoms. The maximum absolute atomic E-state index is 9.20. The summed E-state index contributed by atoms with van der Waals surface area (Å²) in [5, 5.41) is 9.20. The summed E-state index contributed by atoms with van der Waals surface area (Å²) in [6.45, 7) is -0.0411. The molecule has 3 aliphatic heterocycles. The van der Waals surface area contributed by atoms with E-state index in [1.54, 1.807) is 0 Å². The van der Waals surface area contributed by atoms with Crippen molar-refractivity contribution >= 4 is 5.90 Å². The molecule has 0 aromatic heterocycles. The minimum atomic E-state index is -0.401. The van der Waals surface area contributed by atoms with Crippen molar-refractivity contribution in [3.63, 3.8) is 0 Å². The second-order valence-corrected chi connectivity index (χ2v) is 4.70. The Labute approximate surface area is 104 Å². The Morgan fingerprint density at radius 1 is 1.11 bits per heavy atom. The summed E-state index contributed by atoms with van der Waals surface area (Å²) < 4.78 is 17.0. The third-order valence-electron chi connectivity index (χ3n) is 3.62. The third kappa shape index (κ3) is 1.35. The van der Waals surface area contributed by atoms with E-state index in [0.29, 0.717) is 5.90 Å². The summed E-state index contributed by atoms with van der Waals surface area (Å²) in [7, 11) is 0. The first-order chi connectivity index (χ1) is 8.86. The van der Waals surface area contributed by atoms with E-state index < -0.39 is 6.29 Å². The third-order valence-corrected chi connectivity index (χ3v) is 3.62. The van der Waals surface area contributed by atoms with E-state index in [1.165, 1.54) is 0 Å². The number of hydrogen-bond donors (Lipinski definition) is 1. The van der Waals surface area contributed by atoms with E-state index in [1.807, 2.05) is 30.3 Å². The van der Waals surface area contributed by atoms with Gasteiger partial charge in [-0.3, -0.25) is 0 Å². The lowest BCUT2D eigenvalue weighted by Gasteiger charge is -2.24. The van der Waals surface area contributed by atoms with Crippen molar-refractivity contribution in [1.29, 1.82) is 0 Å². The fourth-order valence-electron chi connectivity index (χ4n) is 2.76. The van der Waals surface area contributed by atoms with Crippen LogP contribution in [0.15, 0.2) is 35.3 Å². The van der Waals surface area contributed by atoms with Crippen LogP contribution in [-0.4, -0.2) is 48.3 Å². The average molecular weight is 247 g/mol. The maximum atomic E-state index is 9.20. The van der Waals surface area contributed by atoms with Crippen LogP contribution in [0, 0.1) is 0 Å². The maximum Gasteiger partial charge on any atom is 0.217 e. The number of aliphatic hydroxyl groups excluding tert-OH is 1. The van der Waals surface area contributed by atoms with Gasteiger partial charge >= 0.3 is 0 Å². The van der Waals surface area contributed by atoms with Crippen molar-refractivity contribution in [2.24, 2.45) is 4.99 Å². The molecule has 1 aromatic carbocycles. The van der Waals surface area contributed by atoms with E-state index in [-0.39, 0.29) is 31.0 Å². The normalized spacial score (nSPS) is 40.5. The van der Waals surface area contributed by atoms with Gasteiger partial charge in [0.05, 0.1) is 6.61 Å². The number of rotatable bonds is 2. The van der Waals surface area contributed by atoms with Gasteiger partial charge in [-0.2, -0.15) is 0 Å². The fourth-order valence-corrected chi connectivity index (χ4v) is 2.76. The van der Waals surface area contributed by atoms with Crippen LogP contribution in [0.4, 0.5) is 0 Å². The Hall–Kier alpha value is -1.43. The molecule has 3 aliphatic rings. The Balaban J connectivity index is 1.63. The van der Waals surface area contributed by atoms with Gasteiger partial charge in [0, 0.05) is 5.56 Å². The van der Waals surface area contributed by atoms with Crippen molar-refractivity contribution in [3.05, 3.63) is 35.9 Å². The summed E-state index contributed by atoms with van der Waals surface area (Å²) in [4.78, 5) is 4.58. The highest BCUT2D eigenvalue weighted by molar-refractivity contribution is 5.95. The summed E-state index contributed by atoms with van der Waals surface area (Å²) in [6.07, 6.45) is -1.04. The van der Waals surface area contributed by atoms with Crippen LogP contribution in [0.1, 0.15) is 5.56 Å². The van der Waals surface area contributed by atoms with Gasteiger partial charge in [-0.1, -0.05) is 18.2 Å². The van der Waals surface area contributed by atoms with Crippen LogP contribution >= 0.6 is 0 Å². The van der Waals surface area contributed by atoms with Gasteiger partial charge in [0.2, 0.25) is 5.90 Å². The van der Waals surface area contributed by atoms with Crippen molar-refractivity contribution in [3.8, 4) is 0 Å². The van der Waals surface area contributed by atoms with Gasteiger partial charge < -0.3 is 19.3 Å². The predicted molar refractivity (Wildman–Crippen MR) is 62.3 cm³/mol. The van der Waals surface area contributed by atoms with Crippen LogP contribution in [0.2, 0.25) is 0 Å². The van der Waals surface area contributed by atoms with Crippen LogP contribution in [0.5, 0.6) is 0 Å². The lowest BCUT2D eigenvalue weighted by molar-refractivity contribution is -0.110. The second kappa shape index (κ2) is 3.78. The van der Waals surface area contributed by atoms with Crippen LogP contribution in [-0.2, 0) is 14.2 Å². The number of aliphatic hydroxyl groups is 1. The minimum absolute atomic E-state index is 0.0411. The van der Waals surface area contributed by atoms with Crippen molar-refractivity contribution < 1.29 is 19.3 Å².